The molecular weight excluding hydrogens is 213 g/mol. The average Bonchev–Trinajstić information content (AvgIpc) is 3.01. The fourth-order valence-corrected chi connectivity index (χ4v) is 3.98. The molecule has 0 saturated heterocycles. The van der Waals surface area contributed by atoms with E-state index in [0.29, 0.717) is 6.04 Å². The van der Waals surface area contributed by atoms with Crippen molar-refractivity contribution in [2.45, 2.75) is 31.7 Å². The van der Waals surface area contributed by atoms with Crippen LogP contribution in [-0.4, -0.2) is 4.57 Å². The Morgan fingerprint density at radius 2 is 2.06 bits per heavy atom. The summed E-state index contributed by atoms with van der Waals surface area (Å²) in [6.45, 7) is 0. The molecule has 2 aliphatic rings. The van der Waals surface area contributed by atoms with E-state index in [4.69, 9.17) is 0 Å². The SMILES string of the molecule is Fc1ccc2c(ccn2C2CC3CCC2C3)c1. The number of halogens is 1. The van der Waals surface area contributed by atoms with Crippen molar-refractivity contribution in [3.05, 3.63) is 36.3 Å². The number of rotatable bonds is 1. The van der Waals surface area contributed by atoms with Gasteiger partial charge in [0.25, 0.3) is 0 Å². The van der Waals surface area contributed by atoms with Crippen molar-refractivity contribution < 1.29 is 4.39 Å². The Balaban J connectivity index is 1.81. The van der Waals surface area contributed by atoms with Crippen LogP contribution in [0.1, 0.15) is 31.7 Å². The van der Waals surface area contributed by atoms with Crippen LogP contribution in [-0.2, 0) is 0 Å². The summed E-state index contributed by atoms with van der Waals surface area (Å²) in [5.74, 6) is 1.67. The first-order chi connectivity index (χ1) is 8.31. The molecule has 2 aliphatic carbocycles. The molecule has 3 atom stereocenters. The molecule has 0 radical (unpaired) electrons. The Labute approximate surface area is 100 Å². The normalized spacial score (nSPS) is 31.5. The first-order valence-electron chi connectivity index (χ1n) is 6.57. The van der Waals surface area contributed by atoms with E-state index in [9.17, 15) is 4.39 Å². The van der Waals surface area contributed by atoms with Crippen molar-refractivity contribution >= 4 is 10.9 Å². The van der Waals surface area contributed by atoms with Gasteiger partial charge < -0.3 is 4.57 Å². The van der Waals surface area contributed by atoms with Gasteiger partial charge in [-0.15, -0.1) is 0 Å². The molecule has 3 unspecified atom stereocenters. The van der Waals surface area contributed by atoms with E-state index in [2.05, 4.69) is 10.8 Å². The second-order valence-electron chi connectivity index (χ2n) is 5.67. The van der Waals surface area contributed by atoms with Crippen molar-refractivity contribution in [1.82, 2.24) is 4.57 Å². The summed E-state index contributed by atoms with van der Waals surface area (Å²) in [7, 11) is 0. The molecule has 4 rings (SSSR count). The standard InChI is InChI=1S/C15H16FN/c16-13-3-4-14-12(9-13)5-6-17(14)15-8-10-1-2-11(15)7-10/h3-6,9-11,15H,1-2,7-8H2. The monoisotopic (exact) mass is 229 g/mol. The fraction of sp³-hybridized carbons (Fsp3) is 0.467. The van der Waals surface area contributed by atoms with Crippen molar-refractivity contribution in [2.75, 3.05) is 0 Å². The predicted molar refractivity (Wildman–Crippen MR) is 66.4 cm³/mol. The minimum Gasteiger partial charge on any atom is -0.344 e. The lowest BCUT2D eigenvalue weighted by atomic mass is 9.95. The molecule has 1 heterocycles. The molecular formula is C15H16FN. The van der Waals surface area contributed by atoms with Crippen molar-refractivity contribution in [1.29, 1.82) is 0 Å². The Bertz CT molecular complexity index is 571. The van der Waals surface area contributed by atoms with Gasteiger partial charge in [-0.25, -0.2) is 4.39 Å². The first kappa shape index (κ1) is 9.69. The zero-order chi connectivity index (χ0) is 11.4. The second kappa shape index (κ2) is 3.34. The van der Waals surface area contributed by atoms with Gasteiger partial charge in [-0.2, -0.15) is 0 Å². The summed E-state index contributed by atoms with van der Waals surface area (Å²) in [6.07, 6.45) is 7.69. The molecule has 2 fully saturated rings. The van der Waals surface area contributed by atoms with Gasteiger partial charge in [0, 0.05) is 23.1 Å². The summed E-state index contributed by atoms with van der Waals surface area (Å²) in [5, 5.41) is 1.03. The molecule has 2 saturated carbocycles. The maximum atomic E-state index is 13.2. The molecule has 1 aromatic heterocycles. The van der Waals surface area contributed by atoms with Gasteiger partial charge in [-0.1, -0.05) is 6.42 Å². The highest BCUT2D eigenvalue weighted by atomic mass is 19.1. The molecule has 2 aromatic rings. The highest BCUT2D eigenvalue weighted by Crippen LogP contribution is 2.51. The Morgan fingerprint density at radius 1 is 1.12 bits per heavy atom. The van der Waals surface area contributed by atoms with E-state index < -0.39 is 0 Å². The van der Waals surface area contributed by atoms with Gasteiger partial charge in [-0.05, 0) is 55.4 Å². The topological polar surface area (TPSA) is 4.93 Å². The quantitative estimate of drug-likeness (QED) is 0.692. The number of benzene rings is 1. The van der Waals surface area contributed by atoms with Gasteiger partial charge in [0.05, 0.1) is 0 Å². The summed E-state index contributed by atoms with van der Waals surface area (Å²) in [5.41, 5.74) is 1.20. The summed E-state index contributed by atoms with van der Waals surface area (Å²) >= 11 is 0. The zero-order valence-corrected chi connectivity index (χ0v) is 9.77. The third-order valence-corrected chi connectivity index (χ3v) is 4.74. The van der Waals surface area contributed by atoms with Gasteiger partial charge >= 0.3 is 0 Å². The molecule has 1 aromatic carbocycles. The highest BCUT2D eigenvalue weighted by molar-refractivity contribution is 5.80. The van der Waals surface area contributed by atoms with E-state index in [1.54, 1.807) is 12.1 Å². The number of hydrogen-bond donors (Lipinski definition) is 0. The average molecular weight is 229 g/mol. The van der Waals surface area contributed by atoms with Gasteiger partial charge in [0.1, 0.15) is 5.82 Å². The molecule has 0 N–H and O–H groups in total. The minimum atomic E-state index is -0.136. The molecule has 1 nitrogen and oxygen atoms in total. The fourth-order valence-electron chi connectivity index (χ4n) is 3.98. The molecule has 2 bridgehead atoms. The molecule has 0 spiro atoms. The molecule has 0 aliphatic heterocycles. The van der Waals surface area contributed by atoms with E-state index in [1.807, 2.05) is 12.1 Å². The van der Waals surface area contributed by atoms with Gasteiger partial charge in [0.2, 0.25) is 0 Å². The van der Waals surface area contributed by atoms with Crippen LogP contribution >= 0.6 is 0 Å². The van der Waals surface area contributed by atoms with Crippen LogP contribution in [0.2, 0.25) is 0 Å². The van der Waals surface area contributed by atoms with Crippen LogP contribution in [0.15, 0.2) is 30.5 Å². The Kier molecular flexibility index (Phi) is 1.91. The van der Waals surface area contributed by atoms with Crippen LogP contribution in [0.3, 0.4) is 0 Å². The number of hydrogen-bond acceptors (Lipinski definition) is 0. The first-order valence-corrected chi connectivity index (χ1v) is 6.57. The van der Waals surface area contributed by atoms with Crippen LogP contribution in [0, 0.1) is 17.7 Å². The van der Waals surface area contributed by atoms with Crippen LogP contribution in [0.25, 0.3) is 10.9 Å². The number of nitrogens with zero attached hydrogens (tertiary/aromatic N) is 1. The van der Waals surface area contributed by atoms with Crippen LogP contribution in [0.5, 0.6) is 0 Å². The third kappa shape index (κ3) is 1.36. The lowest BCUT2D eigenvalue weighted by molar-refractivity contribution is 0.337. The Hall–Kier alpha value is -1.31. The number of aromatic nitrogens is 1. The minimum absolute atomic E-state index is 0.136. The second-order valence-corrected chi connectivity index (χ2v) is 5.67. The van der Waals surface area contributed by atoms with Gasteiger partial charge in [0.15, 0.2) is 0 Å². The summed E-state index contributed by atoms with van der Waals surface area (Å²) in [4.78, 5) is 0. The maximum Gasteiger partial charge on any atom is 0.123 e. The molecule has 2 heteroatoms. The van der Waals surface area contributed by atoms with Gasteiger partial charge in [-0.3, -0.25) is 0 Å². The van der Waals surface area contributed by atoms with Crippen molar-refractivity contribution in [2.24, 2.45) is 11.8 Å². The zero-order valence-electron chi connectivity index (χ0n) is 9.77. The van der Waals surface area contributed by atoms with E-state index >= 15 is 0 Å². The maximum absolute atomic E-state index is 13.2. The van der Waals surface area contributed by atoms with Crippen molar-refractivity contribution in [3.63, 3.8) is 0 Å². The lowest BCUT2D eigenvalue weighted by Gasteiger charge is -2.24. The Morgan fingerprint density at radius 3 is 2.82 bits per heavy atom. The number of fused-ring (bicyclic) bond motifs is 3. The van der Waals surface area contributed by atoms with E-state index in [0.717, 1.165) is 17.2 Å². The molecule has 0 amide bonds. The largest absolute Gasteiger partial charge is 0.344 e. The predicted octanol–water partition coefficient (Wildman–Crippen LogP) is 4.14. The van der Waals surface area contributed by atoms with E-state index in [1.165, 1.54) is 31.2 Å². The third-order valence-electron chi connectivity index (χ3n) is 4.74. The summed E-state index contributed by atoms with van der Waals surface area (Å²) < 4.78 is 15.6. The van der Waals surface area contributed by atoms with E-state index in [-0.39, 0.29) is 5.82 Å². The molecule has 17 heavy (non-hydrogen) atoms. The van der Waals surface area contributed by atoms with Crippen LogP contribution < -0.4 is 0 Å². The van der Waals surface area contributed by atoms with Crippen molar-refractivity contribution in [3.8, 4) is 0 Å². The smallest absolute Gasteiger partial charge is 0.123 e. The highest BCUT2D eigenvalue weighted by Gasteiger charge is 2.40. The van der Waals surface area contributed by atoms with Crippen LogP contribution in [0.4, 0.5) is 4.39 Å². The summed E-state index contributed by atoms with van der Waals surface area (Å²) in [6, 6.07) is 7.85. The lowest BCUT2D eigenvalue weighted by Crippen LogP contribution is -2.15. The molecule has 88 valence electrons.